The number of ether oxygens (including phenoxy) is 1. The van der Waals surface area contributed by atoms with Crippen molar-refractivity contribution in [1.29, 1.82) is 0 Å². The molecule has 2 aromatic rings. The van der Waals surface area contributed by atoms with Crippen molar-refractivity contribution < 1.29 is 32.6 Å². The lowest BCUT2D eigenvalue weighted by molar-refractivity contribution is -0.175. The van der Waals surface area contributed by atoms with Crippen LogP contribution in [0.1, 0.15) is 31.9 Å². The Bertz CT molecular complexity index is 1120. The van der Waals surface area contributed by atoms with Crippen molar-refractivity contribution in [1.82, 2.24) is 9.88 Å². The van der Waals surface area contributed by atoms with Gasteiger partial charge in [-0.3, -0.25) is 9.59 Å². The molecule has 9 nitrogen and oxygen atoms in total. The van der Waals surface area contributed by atoms with Crippen LogP contribution in [0.5, 0.6) is 0 Å². The molecule has 1 N–H and O–H groups in total. The van der Waals surface area contributed by atoms with Crippen molar-refractivity contribution in [2.75, 3.05) is 0 Å². The number of carboxylic acids is 1. The van der Waals surface area contributed by atoms with E-state index in [1.165, 1.54) is 25.2 Å². The monoisotopic (exact) mass is 438 g/mol. The Morgan fingerprint density at radius 2 is 1.97 bits per heavy atom. The number of aliphatic carboxylic acids is 1. The largest absolute Gasteiger partial charge is 0.480 e. The first kappa shape index (κ1) is 19.8. The molecule has 0 radical (unpaired) electrons. The highest BCUT2D eigenvalue weighted by Gasteiger charge is 2.74. The first-order valence-electron chi connectivity index (χ1n) is 8.79. The molecule has 0 bridgehead atoms. The molecule has 4 rings (SSSR count). The number of carbonyl (C=O) groups is 3. The molecule has 29 heavy (non-hydrogen) atoms. The molecule has 3 heterocycles. The zero-order chi connectivity index (χ0) is 21.3. The quantitative estimate of drug-likeness (QED) is 0.559. The van der Waals surface area contributed by atoms with Crippen LogP contribution in [-0.4, -0.2) is 57.4 Å². The van der Waals surface area contributed by atoms with Gasteiger partial charge in [0, 0.05) is 6.92 Å². The van der Waals surface area contributed by atoms with Crippen LogP contribution >= 0.6 is 11.3 Å². The Kier molecular flexibility index (Phi) is 4.25. The number of β-lactam (4-membered cyclic amide) rings is 1. The van der Waals surface area contributed by atoms with Gasteiger partial charge in [0.05, 0.1) is 15.0 Å². The third-order valence-corrected chi connectivity index (χ3v) is 9.46. The average molecular weight is 438 g/mol. The number of aromatic nitrogens is 1. The van der Waals surface area contributed by atoms with Crippen LogP contribution in [0.25, 0.3) is 10.2 Å². The van der Waals surface area contributed by atoms with Gasteiger partial charge in [-0.25, -0.2) is 18.2 Å². The number of carbonyl (C=O) groups excluding carboxylic acids is 2. The number of fused-ring (bicyclic) bond motifs is 2. The van der Waals surface area contributed by atoms with Crippen LogP contribution in [-0.2, 0) is 29.0 Å². The molecule has 11 heteroatoms. The zero-order valence-electron chi connectivity index (χ0n) is 15.7. The normalized spacial score (nSPS) is 27.9. The number of rotatable bonds is 4. The first-order chi connectivity index (χ1) is 13.5. The molecule has 2 aliphatic rings. The van der Waals surface area contributed by atoms with Crippen molar-refractivity contribution in [3.63, 3.8) is 0 Å². The number of esters is 1. The van der Waals surface area contributed by atoms with Gasteiger partial charge in [0.15, 0.2) is 21.3 Å². The van der Waals surface area contributed by atoms with E-state index in [2.05, 4.69) is 4.98 Å². The van der Waals surface area contributed by atoms with Crippen molar-refractivity contribution in [2.45, 2.75) is 43.0 Å². The number of hydrogen-bond donors (Lipinski definition) is 1. The van der Waals surface area contributed by atoms with E-state index < -0.39 is 55.9 Å². The van der Waals surface area contributed by atoms with Gasteiger partial charge in [0.25, 0.3) is 0 Å². The molecule has 2 saturated heterocycles. The smallest absolute Gasteiger partial charge is 0.328 e. The maximum atomic E-state index is 13.1. The van der Waals surface area contributed by atoms with E-state index in [0.717, 1.165) is 16.5 Å². The van der Waals surface area contributed by atoms with Gasteiger partial charge in [-0.2, -0.15) is 0 Å². The van der Waals surface area contributed by atoms with E-state index in [1.54, 1.807) is 12.1 Å². The number of para-hydroxylation sites is 1. The predicted octanol–water partition coefficient (Wildman–Crippen LogP) is 1.35. The van der Waals surface area contributed by atoms with Crippen molar-refractivity contribution in [3.8, 4) is 0 Å². The zero-order valence-corrected chi connectivity index (χ0v) is 17.4. The van der Waals surface area contributed by atoms with E-state index in [1.807, 2.05) is 12.1 Å². The molecule has 2 aliphatic heterocycles. The molecular formula is C18H18N2O7S2. The number of amides is 1. The van der Waals surface area contributed by atoms with Gasteiger partial charge >= 0.3 is 11.9 Å². The summed E-state index contributed by atoms with van der Waals surface area (Å²) in [5.41, 5.74) is 0.631. The van der Waals surface area contributed by atoms with Gasteiger partial charge in [-0.1, -0.05) is 12.1 Å². The van der Waals surface area contributed by atoms with Crippen molar-refractivity contribution >= 4 is 49.2 Å². The standard InChI is InChI=1S/C18H18N2O7S2/c1-8(21)27-12(14-19-9-6-4-5-7-10(9)28-14)11-15(22)20-13(17(23)24)18(2,3)29(25,26)16(11)20/h4-7,11-13,16H,1-3H3,(H,23,24)/t11-,12?,13+,16-/m1/s1. The van der Waals surface area contributed by atoms with E-state index in [0.29, 0.717) is 10.5 Å². The predicted molar refractivity (Wildman–Crippen MR) is 103 cm³/mol. The maximum Gasteiger partial charge on any atom is 0.328 e. The number of carboxylic acid groups (broad SMARTS) is 1. The molecule has 1 aromatic carbocycles. The minimum atomic E-state index is -4.05. The van der Waals surface area contributed by atoms with Crippen LogP contribution < -0.4 is 0 Å². The molecule has 1 aromatic heterocycles. The number of thiazole rings is 1. The summed E-state index contributed by atoms with van der Waals surface area (Å²) in [6.07, 6.45) is -1.21. The summed E-state index contributed by atoms with van der Waals surface area (Å²) in [4.78, 5) is 41.7. The fourth-order valence-corrected chi connectivity index (χ4v) is 7.45. The number of sulfone groups is 1. The van der Waals surface area contributed by atoms with Gasteiger partial charge in [-0.15, -0.1) is 11.3 Å². The van der Waals surface area contributed by atoms with Crippen LogP contribution in [0.3, 0.4) is 0 Å². The topological polar surface area (TPSA) is 131 Å². The Balaban J connectivity index is 1.82. The molecule has 0 aliphatic carbocycles. The number of hydrogen-bond acceptors (Lipinski definition) is 8. The Labute approximate surface area is 170 Å². The van der Waals surface area contributed by atoms with Gasteiger partial charge in [0.1, 0.15) is 17.0 Å². The SMILES string of the molecule is CC(=O)OC(c1nc2ccccc2s1)[C@@H]1C(=O)N2[C@@H](C(=O)O)C(C)(C)S(=O)(=O)[C@H]12. The highest BCUT2D eigenvalue weighted by Crippen LogP contribution is 2.53. The summed E-state index contributed by atoms with van der Waals surface area (Å²) in [5.74, 6) is -4.00. The molecule has 1 unspecified atom stereocenters. The second kappa shape index (κ2) is 6.23. The Hall–Kier alpha value is -2.53. The fraction of sp³-hybridized carbons (Fsp3) is 0.444. The summed E-state index contributed by atoms with van der Waals surface area (Å²) in [7, 11) is -4.05. The van der Waals surface area contributed by atoms with E-state index in [9.17, 15) is 27.9 Å². The molecule has 4 atom stereocenters. The van der Waals surface area contributed by atoms with Crippen LogP contribution in [0.15, 0.2) is 24.3 Å². The number of benzene rings is 1. The summed E-state index contributed by atoms with van der Waals surface area (Å²) >= 11 is 1.20. The second-order valence-corrected chi connectivity index (χ2v) is 11.3. The third-order valence-electron chi connectivity index (χ3n) is 5.52. The summed E-state index contributed by atoms with van der Waals surface area (Å²) in [5, 5.41) is 8.46. The summed E-state index contributed by atoms with van der Waals surface area (Å²) < 4.78 is 30.7. The third kappa shape index (κ3) is 2.60. The maximum absolute atomic E-state index is 13.1. The highest BCUT2D eigenvalue weighted by molar-refractivity contribution is 7.93. The Morgan fingerprint density at radius 3 is 2.55 bits per heavy atom. The Morgan fingerprint density at radius 1 is 1.31 bits per heavy atom. The fourth-order valence-electron chi connectivity index (χ4n) is 4.09. The molecule has 1 amide bonds. The van der Waals surface area contributed by atoms with Gasteiger partial charge in [0.2, 0.25) is 5.91 Å². The molecule has 154 valence electrons. The first-order valence-corrected chi connectivity index (χ1v) is 11.2. The lowest BCUT2D eigenvalue weighted by Gasteiger charge is -2.44. The molecule has 0 saturated carbocycles. The van der Waals surface area contributed by atoms with E-state index >= 15 is 0 Å². The van der Waals surface area contributed by atoms with E-state index in [4.69, 9.17) is 4.74 Å². The van der Waals surface area contributed by atoms with Crippen molar-refractivity contribution in [3.05, 3.63) is 29.3 Å². The molecule has 0 spiro atoms. The lowest BCUT2D eigenvalue weighted by atomic mass is 9.88. The van der Waals surface area contributed by atoms with Crippen molar-refractivity contribution in [2.24, 2.45) is 5.92 Å². The molecular weight excluding hydrogens is 420 g/mol. The van der Waals surface area contributed by atoms with Crippen LogP contribution in [0.4, 0.5) is 0 Å². The number of nitrogens with zero attached hydrogens (tertiary/aromatic N) is 2. The second-order valence-electron chi connectivity index (χ2n) is 7.60. The average Bonchev–Trinajstić information content (AvgIpc) is 3.10. The van der Waals surface area contributed by atoms with Crippen LogP contribution in [0.2, 0.25) is 0 Å². The van der Waals surface area contributed by atoms with Gasteiger partial charge < -0.3 is 14.7 Å². The van der Waals surface area contributed by atoms with Crippen LogP contribution in [0, 0.1) is 5.92 Å². The summed E-state index contributed by atoms with van der Waals surface area (Å²) in [6, 6.07) is 5.65. The minimum Gasteiger partial charge on any atom is -0.480 e. The lowest BCUT2D eigenvalue weighted by Crippen LogP contribution is -2.65. The highest BCUT2D eigenvalue weighted by atomic mass is 32.2. The van der Waals surface area contributed by atoms with E-state index in [-0.39, 0.29) is 0 Å². The minimum absolute atomic E-state index is 0.297. The molecule has 2 fully saturated rings. The summed E-state index contributed by atoms with van der Waals surface area (Å²) in [6.45, 7) is 3.75. The van der Waals surface area contributed by atoms with Gasteiger partial charge in [-0.05, 0) is 26.0 Å².